The lowest BCUT2D eigenvalue weighted by atomic mass is 10.2. The van der Waals surface area contributed by atoms with Crippen LogP contribution in [0.5, 0.6) is 0 Å². The number of halogens is 1. The van der Waals surface area contributed by atoms with Gasteiger partial charge in [-0.3, -0.25) is 0 Å². The van der Waals surface area contributed by atoms with Gasteiger partial charge in [0.1, 0.15) is 0 Å². The zero-order valence-electron chi connectivity index (χ0n) is 9.44. The first-order valence-corrected chi connectivity index (χ1v) is 5.84. The van der Waals surface area contributed by atoms with Gasteiger partial charge in [0.2, 0.25) is 0 Å². The van der Waals surface area contributed by atoms with Crippen LogP contribution >= 0.6 is 11.6 Å². The van der Waals surface area contributed by atoms with Crippen molar-refractivity contribution in [1.82, 2.24) is 14.8 Å². The highest BCUT2D eigenvalue weighted by molar-refractivity contribution is 6.17. The predicted octanol–water partition coefficient (Wildman–Crippen LogP) is 2.88. The second-order valence-corrected chi connectivity index (χ2v) is 4.04. The highest BCUT2D eigenvalue weighted by atomic mass is 35.5. The number of pyridine rings is 1. The summed E-state index contributed by atoms with van der Waals surface area (Å²) in [7, 11) is 0. The molecule has 2 heterocycles. The van der Waals surface area contributed by atoms with Gasteiger partial charge >= 0.3 is 0 Å². The molecule has 0 spiro atoms. The van der Waals surface area contributed by atoms with E-state index in [1.807, 2.05) is 31.5 Å². The lowest BCUT2D eigenvalue weighted by Gasteiger charge is -2.05. The van der Waals surface area contributed by atoms with E-state index in [0.29, 0.717) is 5.88 Å². The van der Waals surface area contributed by atoms with Gasteiger partial charge in [0.15, 0.2) is 5.82 Å². The van der Waals surface area contributed by atoms with Gasteiger partial charge in [-0.25, -0.2) is 9.67 Å². The van der Waals surface area contributed by atoms with Crippen molar-refractivity contribution in [2.45, 2.75) is 26.1 Å². The zero-order chi connectivity index (χ0) is 11.5. The van der Waals surface area contributed by atoms with E-state index in [4.69, 9.17) is 11.6 Å². The minimum atomic E-state index is 0.503. The third kappa shape index (κ3) is 2.25. The summed E-state index contributed by atoms with van der Waals surface area (Å²) >= 11 is 5.86. The van der Waals surface area contributed by atoms with Crippen LogP contribution in [0.15, 0.2) is 24.5 Å². The fourth-order valence-corrected chi connectivity index (χ4v) is 1.70. The first-order valence-electron chi connectivity index (χ1n) is 5.30. The minimum Gasteiger partial charge on any atom is -0.234 e. The van der Waals surface area contributed by atoms with E-state index < -0.39 is 0 Å². The molecule has 0 unspecified atom stereocenters. The summed E-state index contributed by atoms with van der Waals surface area (Å²) in [6, 6.07) is 4.01. The van der Waals surface area contributed by atoms with Crippen molar-refractivity contribution in [3.8, 4) is 5.82 Å². The van der Waals surface area contributed by atoms with E-state index >= 15 is 0 Å². The summed E-state index contributed by atoms with van der Waals surface area (Å²) in [5.74, 6) is 1.34. The largest absolute Gasteiger partial charge is 0.234 e. The molecule has 2 rings (SSSR count). The number of nitrogens with zero attached hydrogens (tertiary/aromatic N) is 3. The minimum absolute atomic E-state index is 0.503. The van der Waals surface area contributed by atoms with Crippen molar-refractivity contribution in [3.63, 3.8) is 0 Å². The van der Waals surface area contributed by atoms with Crippen molar-refractivity contribution in [2.24, 2.45) is 0 Å². The van der Waals surface area contributed by atoms with Crippen LogP contribution in [0.25, 0.3) is 5.82 Å². The fraction of sp³-hybridized carbons (Fsp3) is 0.333. The molecular formula is C12H14ClN3. The average Bonchev–Trinajstić information content (AvgIpc) is 2.75. The summed E-state index contributed by atoms with van der Waals surface area (Å²) in [5, 5.41) is 4.25. The van der Waals surface area contributed by atoms with Crippen LogP contribution in [-0.2, 0) is 12.3 Å². The zero-order valence-corrected chi connectivity index (χ0v) is 10.2. The molecule has 0 N–H and O–H groups in total. The second-order valence-electron chi connectivity index (χ2n) is 3.77. The Morgan fingerprint density at radius 3 is 2.75 bits per heavy atom. The SMILES string of the molecule is CCc1cc(CCl)cc(-n2cc(C)cn2)n1. The topological polar surface area (TPSA) is 30.7 Å². The lowest BCUT2D eigenvalue weighted by Crippen LogP contribution is -2.02. The fourth-order valence-electron chi connectivity index (χ4n) is 1.55. The van der Waals surface area contributed by atoms with E-state index in [0.717, 1.165) is 29.1 Å². The normalized spacial score (nSPS) is 10.7. The average molecular weight is 236 g/mol. The molecule has 0 aliphatic rings. The van der Waals surface area contributed by atoms with E-state index in [9.17, 15) is 0 Å². The van der Waals surface area contributed by atoms with Gasteiger partial charge in [0, 0.05) is 17.8 Å². The van der Waals surface area contributed by atoms with E-state index in [2.05, 4.69) is 17.0 Å². The Hall–Kier alpha value is -1.35. The summed E-state index contributed by atoms with van der Waals surface area (Å²) in [6.07, 6.45) is 4.68. The molecule has 0 aliphatic heterocycles. The van der Waals surface area contributed by atoms with Gasteiger partial charge in [-0.05, 0) is 36.6 Å². The Balaban J connectivity index is 2.47. The first kappa shape index (κ1) is 11.1. The lowest BCUT2D eigenvalue weighted by molar-refractivity contribution is 0.829. The molecule has 84 valence electrons. The van der Waals surface area contributed by atoms with Gasteiger partial charge in [-0.1, -0.05) is 6.92 Å². The number of rotatable bonds is 3. The van der Waals surface area contributed by atoms with Crippen LogP contribution in [0, 0.1) is 6.92 Å². The summed E-state index contributed by atoms with van der Waals surface area (Å²) in [6.45, 7) is 4.09. The van der Waals surface area contributed by atoms with Crippen LogP contribution in [0.3, 0.4) is 0 Å². The predicted molar refractivity (Wildman–Crippen MR) is 65.0 cm³/mol. The Morgan fingerprint density at radius 2 is 2.19 bits per heavy atom. The van der Waals surface area contributed by atoms with Crippen LogP contribution in [0.1, 0.15) is 23.7 Å². The molecule has 0 saturated heterocycles. The third-order valence-electron chi connectivity index (χ3n) is 2.39. The molecule has 4 heteroatoms. The number of alkyl halides is 1. The molecule has 0 aliphatic carbocycles. The van der Waals surface area contributed by atoms with Crippen LogP contribution in [-0.4, -0.2) is 14.8 Å². The molecule has 3 nitrogen and oxygen atoms in total. The van der Waals surface area contributed by atoms with E-state index in [1.165, 1.54) is 0 Å². The number of aryl methyl sites for hydroxylation is 2. The summed E-state index contributed by atoms with van der Waals surface area (Å²) in [4.78, 5) is 4.53. The van der Waals surface area contributed by atoms with Gasteiger partial charge in [-0.2, -0.15) is 5.10 Å². The van der Waals surface area contributed by atoms with Gasteiger partial charge < -0.3 is 0 Å². The number of aromatic nitrogens is 3. The Labute approximate surface area is 100 Å². The van der Waals surface area contributed by atoms with Gasteiger partial charge in [0.05, 0.1) is 6.20 Å². The molecule has 0 aromatic carbocycles. The molecule has 2 aromatic heterocycles. The van der Waals surface area contributed by atoms with Crippen molar-refractivity contribution in [1.29, 1.82) is 0 Å². The Morgan fingerprint density at radius 1 is 1.38 bits per heavy atom. The Bertz CT molecular complexity index is 469. The molecule has 0 saturated carbocycles. The summed E-state index contributed by atoms with van der Waals surface area (Å²) in [5.41, 5.74) is 3.24. The molecule has 0 amide bonds. The maximum absolute atomic E-state index is 5.86. The molecule has 2 aromatic rings. The maximum atomic E-state index is 5.86. The first-order chi connectivity index (χ1) is 7.72. The molecule has 0 fully saturated rings. The van der Waals surface area contributed by atoms with Crippen molar-refractivity contribution in [3.05, 3.63) is 41.3 Å². The standard InChI is InChI=1S/C12H14ClN3/c1-3-11-4-10(6-13)5-12(15-11)16-8-9(2)7-14-16/h4-5,7-8H,3,6H2,1-2H3. The summed E-state index contributed by atoms with van der Waals surface area (Å²) < 4.78 is 1.78. The second kappa shape index (κ2) is 4.66. The van der Waals surface area contributed by atoms with Crippen LogP contribution < -0.4 is 0 Å². The molecule has 0 radical (unpaired) electrons. The highest BCUT2D eigenvalue weighted by Crippen LogP contribution is 2.13. The van der Waals surface area contributed by atoms with E-state index in [-0.39, 0.29) is 0 Å². The van der Waals surface area contributed by atoms with Crippen molar-refractivity contribution >= 4 is 11.6 Å². The maximum Gasteiger partial charge on any atom is 0.153 e. The molecular weight excluding hydrogens is 222 g/mol. The third-order valence-corrected chi connectivity index (χ3v) is 2.70. The molecule has 16 heavy (non-hydrogen) atoms. The van der Waals surface area contributed by atoms with Crippen molar-refractivity contribution < 1.29 is 0 Å². The molecule has 0 atom stereocenters. The van der Waals surface area contributed by atoms with Gasteiger partial charge in [0.25, 0.3) is 0 Å². The quantitative estimate of drug-likeness (QED) is 0.766. The molecule has 0 bridgehead atoms. The van der Waals surface area contributed by atoms with Gasteiger partial charge in [-0.15, -0.1) is 11.6 Å². The number of hydrogen-bond acceptors (Lipinski definition) is 2. The monoisotopic (exact) mass is 235 g/mol. The van der Waals surface area contributed by atoms with Crippen LogP contribution in [0.4, 0.5) is 0 Å². The highest BCUT2D eigenvalue weighted by Gasteiger charge is 2.04. The smallest absolute Gasteiger partial charge is 0.153 e. The number of hydrogen-bond donors (Lipinski definition) is 0. The van der Waals surface area contributed by atoms with Crippen molar-refractivity contribution in [2.75, 3.05) is 0 Å². The van der Waals surface area contributed by atoms with E-state index in [1.54, 1.807) is 4.68 Å². The Kier molecular flexibility index (Phi) is 3.25. The van der Waals surface area contributed by atoms with Crippen LogP contribution in [0.2, 0.25) is 0 Å².